The smallest absolute Gasteiger partial charge is 0.307 e. The molecule has 5 nitrogen and oxygen atoms in total. The Morgan fingerprint density at radius 3 is 2.79 bits per heavy atom. The van der Waals surface area contributed by atoms with Crippen LogP contribution < -0.4 is 5.73 Å². The second kappa shape index (κ2) is 7.82. The predicted octanol–water partition coefficient (Wildman–Crippen LogP) is 4.29. The van der Waals surface area contributed by atoms with Crippen molar-refractivity contribution < 1.29 is 9.90 Å². The molecule has 2 aromatic heterocycles. The number of fused-ring (bicyclic) bond motifs is 2. The van der Waals surface area contributed by atoms with Gasteiger partial charge in [0.25, 0.3) is 0 Å². The molecule has 4 rings (SSSR count). The van der Waals surface area contributed by atoms with Crippen molar-refractivity contribution in [1.82, 2.24) is 9.97 Å². The fourth-order valence-electron chi connectivity index (χ4n) is 3.74. The number of nitrogens with zero attached hydrogens (tertiary/aromatic N) is 1. The van der Waals surface area contributed by atoms with Crippen LogP contribution in [0.1, 0.15) is 24.0 Å². The summed E-state index contributed by atoms with van der Waals surface area (Å²) in [7, 11) is 0. The van der Waals surface area contributed by atoms with Crippen LogP contribution in [-0.4, -0.2) is 27.6 Å². The van der Waals surface area contributed by atoms with E-state index in [2.05, 4.69) is 22.1 Å². The van der Waals surface area contributed by atoms with Crippen molar-refractivity contribution in [2.24, 2.45) is 5.73 Å². The second-order valence-electron chi connectivity index (χ2n) is 7.09. The molecule has 4 aromatic rings. The zero-order valence-electron chi connectivity index (χ0n) is 15.6. The Morgan fingerprint density at radius 2 is 1.96 bits per heavy atom. The maximum atomic E-state index is 11.1. The van der Waals surface area contributed by atoms with E-state index in [9.17, 15) is 4.79 Å². The highest BCUT2D eigenvalue weighted by Gasteiger charge is 2.15. The number of rotatable bonds is 7. The molecule has 5 heteroatoms. The number of carboxylic acids is 1. The quantitative estimate of drug-likeness (QED) is 0.421. The number of pyridine rings is 1. The van der Waals surface area contributed by atoms with Crippen molar-refractivity contribution in [2.75, 3.05) is 6.54 Å². The average Bonchev–Trinajstić information content (AvgIpc) is 3.05. The van der Waals surface area contributed by atoms with Crippen LogP contribution in [0.4, 0.5) is 0 Å². The van der Waals surface area contributed by atoms with Crippen molar-refractivity contribution in [3.8, 4) is 11.3 Å². The molecular weight excluding hydrogens is 350 g/mol. The normalized spacial score (nSPS) is 11.3. The number of unbranched alkanes of at least 4 members (excludes halogenated alkanes) is 1. The average molecular weight is 373 g/mol. The molecule has 0 bridgehead atoms. The summed E-state index contributed by atoms with van der Waals surface area (Å²) in [5, 5.41) is 11.3. The lowest BCUT2D eigenvalue weighted by atomic mass is 9.99. The predicted molar refractivity (Wildman–Crippen MR) is 112 cm³/mol. The molecule has 0 radical (unpaired) electrons. The first-order valence-corrected chi connectivity index (χ1v) is 9.56. The van der Waals surface area contributed by atoms with Gasteiger partial charge < -0.3 is 15.8 Å². The molecule has 2 heterocycles. The number of aryl methyl sites for hydroxylation is 1. The number of nitrogens with two attached hydrogens (primary N) is 1. The van der Waals surface area contributed by atoms with Gasteiger partial charge in [-0.05, 0) is 61.2 Å². The molecule has 0 amide bonds. The molecule has 28 heavy (non-hydrogen) atoms. The second-order valence-corrected chi connectivity index (χ2v) is 7.09. The highest BCUT2D eigenvalue weighted by Crippen LogP contribution is 2.33. The molecule has 0 atom stereocenters. The molecule has 0 spiro atoms. The highest BCUT2D eigenvalue weighted by molar-refractivity contribution is 5.93. The maximum absolute atomic E-state index is 11.1. The lowest BCUT2D eigenvalue weighted by Gasteiger charge is -2.07. The lowest BCUT2D eigenvalue weighted by molar-refractivity contribution is -0.136. The van der Waals surface area contributed by atoms with E-state index in [1.165, 1.54) is 5.56 Å². The van der Waals surface area contributed by atoms with Crippen LogP contribution >= 0.6 is 0 Å². The minimum atomic E-state index is -0.821. The molecule has 0 aliphatic rings. The molecule has 2 aromatic carbocycles. The Hall–Kier alpha value is -3.18. The van der Waals surface area contributed by atoms with Gasteiger partial charge in [0.2, 0.25) is 0 Å². The summed E-state index contributed by atoms with van der Waals surface area (Å²) >= 11 is 0. The molecule has 0 saturated heterocycles. The Bertz CT molecular complexity index is 1150. The maximum Gasteiger partial charge on any atom is 0.307 e. The Morgan fingerprint density at radius 1 is 1.11 bits per heavy atom. The van der Waals surface area contributed by atoms with Gasteiger partial charge in [-0.3, -0.25) is 9.78 Å². The van der Waals surface area contributed by atoms with Crippen molar-refractivity contribution in [2.45, 2.75) is 25.7 Å². The number of nitrogens with one attached hydrogen (secondary N) is 1. The first-order chi connectivity index (χ1) is 13.7. The topological polar surface area (TPSA) is 92.0 Å². The van der Waals surface area contributed by atoms with Gasteiger partial charge in [-0.15, -0.1) is 0 Å². The van der Waals surface area contributed by atoms with E-state index >= 15 is 0 Å². The number of H-pyrrole nitrogens is 1. The summed E-state index contributed by atoms with van der Waals surface area (Å²) < 4.78 is 0. The van der Waals surface area contributed by atoms with Crippen LogP contribution in [0.25, 0.3) is 33.1 Å². The van der Waals surface area contributed by atoms with E-state index < -0.39 is 5.97 Å². The van der Waals surface area contributed by atoms with Gasteiger partial charge >= 0.3 is 5.97 Å². The van der Waals surface area contributed by atoms with E-state index in [4.69, 9.17) is 10.8 Å². The third kappa shape index (κ3) is 3.62. The van der Waals surface area contributed by atoms with Crippen LogP contribution in [-0.2, 0) is 17.6 Å². The zero-order valence-corrected chi connectivity index (χ0v) is 15.6. The third-order valence-corrected chi connectivity index (χ3v) is 5.09. The molecule has 4 N–H and O–H groups in total. The number of aromatic amines is 1. The van der Waals surface area contributed by atoms with Crippen LogP contribution in [0.5, 0.6) is 0 Å². The summed E-state index contributed by atoms with van der Waals surface area (Å²) in [5.74, 6) is -0.821. The van der Waals surface area contributed by atoms with Gasteiger partial charge in [0.1, 0.15) is 0 Å². The minimum Gasteiger partial charge on any atom is -0.481 e. The van der Waals surface area contributed by atoms with E-state index in [1.807, 2.05) is 42.6 Å². The van der Waals surface area contributed by atoms with Gasteiger partial charge in [-0.25, -0.2) is 0 Å². The Labute approximate surface area is 163 Å². The number of hydrogen-bond donors (Lipinski definition) is 3. The standard InChI is InChI=1S/C23H23N3O2/c24-10-4-3-6-18-19-11-15(12-22(27)28)8-9-21(19)26-23(18)17-13-16-5-1-2-7-20(16)25-14-17/h1-2,5,7-9,11,13-14,26H,3-4,6,10,12,24H2,(H,27,28). The lowest BCUT2D eigenvalue weighted by Crippen LogP contribution is -2.00. The summed E-state index contributed by atoms with van der Waals surface area (Å²) in [6.07, 6.45) is 4.75. The minimum absolute atomic E-state index is 0.0240. The summed E-state index contributed by atoms with van der Waals surface area (Å²) in [6.45, 7) is 0.666. The monoisotopic (exact) mass is 373 g/mol. The third-order valence-electron chi connectivity index (χ3n) is 5.09. The summed E-state index contributed by atoms with van der Waals surface area (Å²) in [5.41, 5.74) is 11.8. The van der Waals surface area contributed by atoms with E-state index in [0.717, 1.165) is 57.9 Å². The largest absolute Gasteiger partial charge is 0.481 e. The first-order valence-electron chi connectivity index (χ1n) is 9.56. The molecule has 0 aliphatic carbocycles. The summed E-state index contributed by atoms with van der Waals surface area (Å²) in [4.78, 5) is 19.3. The molecule has 0 unspecified atom stereocenters. The number of carbonyl (C=O) groups is 1. The number of carboxylic acid groups (broad SMARTS) is 1. The fourth-order valence-corrected chi connectivity index (χ4v) is 3.74. The first kappa shape index (κ1) is 18.2. The van der Waals surface area contributed by atoms with Gasteiger partial charge in [-0.2, -0.15) is 0 Å². The van der Waals surface area contributed by atoms with Gasteiger partial charge in [0.15, 0.2) is 0 Å². The number of hydrogen-bond acceptors (Lipinski definition) is 3. The Balaban J connectivity index is 1.84. The number of aliphatic carboxylic acids is 1. The van der Waals surface area contributed by atoms with Gasteiger partial charge in [0, 0.05) is 28.0 Å². The van der Waals surface area contributed by atoms with Gasteiger partial charge in [-0.1, -0.05) is 24.3 Å². The van der Waals surface area contributed by atoms with E-state index in [1.54, 1.807) is 0 Å². The van der Waals surface area contributed by atoms with Crippen LogP contribution in [0.2, 0.25) is 0 Å². The van der Waals surface area contributed by atoms with Crippen molar-refractivity contribution >= 4 is 27.8 Å². The highest BCUT2D eigenvalue weighted by atomic mass is 16.4. The van der Waals surface area contributed by atoms with Crippen LogP contribution in [0.15, 0.2) is 54.7 Å². The number of benzene rings is 2. The molecule has 0 fully saturated rings. The number of para-hydroxylation sites is 1. The summed E-state index contributed by atoms with van der Waals surface area (Å²) in [6, 6.07) is 16.1. The van der Waals surface area contributed by atoms with Crippen molar-refractivity contribution in [3.05, 3.63) is 65.9 Å². The zero-order chi connectivity index (χ0) is 19.5. The van der Waals surface area contributed by atoms with Crippen molar-refractivity contribution in [1.29, 1.82) is 0 Å². The molecule has 142 valence electrons. The SMILES string of the molecule is NCCCCc1c(-c2cnc3ccccc3c2)[nH]c2ccc(CC(=O)O)cc12. The van der Waals surface area contributed by atoms with Crippen molar-refractivity contribution in [3.63, 3.8) is 0 Å². The van der Waals surface area contributed by atoms with E-state index in [-0.39, 0.29) is 6.42 Å². The molecular formula is C23H23N3O2. The number of aromatic nitrogens is 2. The molecule has 0 aliphatic heterocycles. The van der Waals surface area contributed by atoms with Gasteiger partial charge in [0.05, 0.1) is 17.6 Å². The Kier molecular flexibility index (Phi) is 5.08. The fraction of sp³-hybridized carbons (Fsp3) is 0.217. The van der Waals surface area contributed by atoms with Crippen LogP contribution in [0.3, 0.4) is 0 Å². The molecule has 0 saturated carbocycles. The van der Waals surface area contributed by atoms with Crippen LogP contribution in [0, 0.1) is 0 Å². The van der Waals surface area contributed by atoms with E-state index in [0.29, 0.717) is 6.54 Å².